The van der Waals surface area contributed by atoms with E-state index in [4.69, 9.17) is 11.6 Å². The molecule has 2 aliphatic heterocycles. The fraction of sp³-hybridized carbons (Fsp3) is 0.364. The standard InChI is InChI=1S/C22H24ClN3O4S/c1-15-4-3-5-18(12-15)24-8-10-25(11-9-24)22(28)17-6-7-19(23)20(13-17)26-21(27)16(2)14-31(26,29)30/h3-7,12-13,16H,8-11,14H2,1-2H3. The van der Waals surface area contributed by atoms with Crippen LogP contribution in [0.3, 0.4) is 0 Å². The third-order valence-corrected chi connectivity index (χ3v) is 7.88. The average Bonchev–Trinajstić information content (AvgIpc) is 2.94. The van der Waals surface area contributed by atoms with Crippen LogP contribution in [0.5, 0.6) is 0 Å². The highest BCUT2D eigenvalue weighted by Gasteiger charge is 2.43. The summed E-state index contributed by atoms with van der Waals surface area (Å²) in [7, 11) is -3.80. The largest absolute Gasteiger partial charge is 0.368 e. The number of aryl methyl sites for hydroxylation is 1. The number of carbonyl (C=O) groups excluding carboxylic acids is 2. The number of halogens is 1. The Morgan fingerprint density at radius 1 is 1.06 bits per heavy atom. The predicted octanol–water partition coefficient (Wildman–Crippen LogP) is 2.92. The zero-order valence-electron chi connectivity index (χ0n) is 17.4. The smallest absolute Gasteiger partial charge is 0.254 e. The Hall–Kier alpha value is -2.58. The Balaban J connectivity index is 1.53. The van der Waals surface area contributed by atoms with E-state index in [0.717, 1.165) is 9.99 Å². The van der Waals surface area contributed by atoms with Gasteiger partial charge in [-0.3, -0.25) is 9.59 Å². The topological polar surface area (TPSA) is 78.0 Å². The summed E-state index contributed by atoms with van der Waals surface area (Å²) in [4.78, 5) is 29.5. The lowest BCUT2D eigenvalue weighted by atomic mass is 10.1. The summed E-state index contributed by atoms with van der Waals surface area (Å²) in [6.07, 6.45) is 0. The highest BCUT2D eigenvalue weighted by atomic mass is 35.5. The number of amides is 2. The van der Waals surface area contributed by atoms with Gasteiger partial charge < -0.3 is 9.80 Å². The molecule has 2 amide bonds. The fourth-order valence-electron chi connectivity index (χ4n) is 4.04. The van der Waals surface area contributed by atoms with E-state index in [1.165, 1.54) is 17.7 Å². The summed E-state index contributed by atoms with van der Waals surface area (Å²) in [5.41, 5.74) is 2.67. The number of anilines is 2. The number of nitrogens with zero attached hydrogens (tertiary/aromatic N) is 3. The molecule has 164 valence electrons. The predicted molar refractivity (Wildman–Crippen MR) is 121 cm³/mol. The van der Waals surface area contributed by atoms with Crippen LogP contribution in [0.2, 0.25) is 5.02 Å². The van der Waals surface area contributed by atoms with Crippen molar-refractivity contribution in [1.82, 2.24) is 4.90 Å². The van der Waals surface area contributed by atoms with Gasteiger partial charge in [-0.15, -0.1) is 0 Å². The van der Waals surface area contributed by atoms with E-state index >= 15 is 0 Å². The lowest BCUT2D eigenvalue weighted by molar-refractivity contribution is -0.119. The van der Waals surface area contributed by atoms with Crippen LogP contribution in [0, 0.1) is 12.8 Å². The second kappa shape index (κ2) is 8.16. The summed E-state index contributed by atoms with van der Waals surface area (Å²) >= 11 is 6.22. The van der Waals surface area contributed by atoms with Crippen molar-refractivity contribution in [3.05, 3.63) is 58.6 Å². The Morgan fingerprint density at radius 3 is 2.39 bits per heavy atom. The lowest BCUT2D eigenvalue weighted by Crippen LogP contribution is -2.48. The molecule has 0 N–H and O–H groups in total. The Morgan fingerprint density at radius 2 is 1.77 bits per heavy atom. The van der Waals surface area contributed by atoms with Crippen LogP contribution in [-0.4, -0.2) is 57.1 Å². The summed E-state index contributed by atoms with van der Waals surface area (Å²) in [6, 6.07) is 12.7. The van der Waals surface area contributed by atoms with Crippen LogP contribution in [0.4, 0.5) is 11.4 Å². The molecule has 31 heavy (non-hydrogen) atoms. The molecule has 0 radical (unpaired) electrons. The summed E-state index contributed by atoms with van der Waals surface area (Å²) in [5.74, 6) is -1.64. The molecule has 0 aliphatic carbocycles. The molecule has 2 aromatic rings. The molecule has 0 bridgehead atoms. The van der Waals surface area contributed by atoms with Crippen molar-refractivity contribution in [2.45, 2.75) is 13.8 Å². The van der Waals surface area contributed by atoms with Gasteiger partial charge in [0.2, 0.25) is 15.9 Å². The second-order valence-electron chi connectivity index (χ2n) is 8.07. The number of carbonyl (C=O) groups is 2. The number of hydrogen-bond acceptors (Lipinski definition) is 5. The second-order valence-corrected chi connectivity index (χ2v) is 10.3. The maximum absolute atomic E-state index is 13.1. The van der Waals surface area contributed by atoms with Gasteiger partial charge in [0, 0.05) is 37.4 Å². The third kappa shape index (κ3) is 4.14. The fourth-order valence-corrected chi connectivity index (χ4v) is 6.12. The van der Waals surface area contributed by atoms with Crippen molar-refractivity contribution in [2.75, 3.05) is 41.1 Å². The van der Waals surface area contributed by atoms with Crippen LogP contribution >= 0.6 is 11.6 Å². The van der Waals surface area contributed by atoms with E-state index in [2.05, 4.69) is 17.0 Å². The van der Waals surface area contributed by atoms with Crippen molar-refractivity contribution < 1.29 is 18.0 Å². The molecule has 2 heterocycles. The average molecular weight is 462 g/mol. The molecular formula is C22H24ClN3O4S. The first kappa shape index (κ1) is 21.6. The minimum Gasteiger partial charge on any atom is -0.368 e. The van der Waals surface area contributed by atoms with Crippen molar-refractivity contribution in [3.63, 3.8) is 0 Å². The van der Waals surface area contributed by atoms with E-state index in [9.17, 15) is 18.0 Å². The molecule has 7 nitrogen and oxygen atoms in total. The van der Waals surface area contributed by atoms with Gasteiger partial charge in [0.05, 0.1) is 22.4 Å². The van der Waals surface area contributed by atoms with E-state index in [-0.39, 0.29) is 22.4 Å². The zero-order valence-corrected chi connectivity index (χ0v) is 19.0. The molecule has 9 heteroatoms. The molecule has 0 spiro atoms. The van der Waals surface area contributed by atoms with Gasteiger partial charge in [0.25, 0.3) is 5.91 Å². The first-order valence-electron chi connectivity index (χ1n) is 10.1. The molecular weight excluding hydrogens is 438 g/mol. The van der Waals surface area contributed by atoms with E-state index in [0.29, 0.717) is 31.7 Å². The number of piperazine rings is 1. The molecule has 2 aromatic carbocycles. The van der Waals surface area contributed by atoms with Crippen LogP contribution in [0.15, 0.2) is 42.5 Å². The van der Waals surface area contributed by atoms with Gasteiger partial charge >= 0.3 is 0 Å². The SMILES string of the molecule is Cc1cccc(N2CCN(C(=O)c3ccc(Cl)c(N4C(=O)C(C)CS4(=O)=O)c3)CC2)c1. The van der Waals surface area contributed by atoms with Gasteiger partial charge in [-0.2, -0.15) is 0 Å². The molecule has 0 saturated carbocycles. The third-order valence-electron chi connectivity index (χ3n) is 5.71. The summed E-state index contributed by atoms with van der Waals surface area (Å²) in [6.45, 7) is 6.10. The number of rotatable bonds is 3. The highest BCUT2D eigenvalue weighted by Crippen LogP contribution is 2.34. The normalized spacial score (nSPS) is 20.9. The maximum Gasteiger partial charge on any atom is 0.254 e. The summed E-state index contributed by atoms with van der Waals surface area (Å²) < 4.78 is 25.7. The number of sulfonamides is 1. The zero-order chi connectivity index (χ0) is 22.3. The first-order chi connectivity index (χ1) is 14.7. The minimum atomic E-state index is -3.80. The number of hydrogen-bond donors (Lipinski definition) is 0. The molecule has 1 atom stereocenters. The van der Waals surface area contributed by atoms with Gasteiger partial charge in [-0.1, -0.05) is 30.7 Å². The molecule has 0 aromatic heterocycles. The molecule has 2 saturated heterocycles. The van der Waals surface area contributed by atoms with Crippen molar-refractivity contribution in [3.8, 4) is 0 Å². The molecule has 2 fully saturated rings. The van der Waals surface area contributed by atoms with Crippen LogP contribution in [0.25, 0.3) is 0 Å². The first-order valence-corrected chi connectivity index (χ1v) is 12.1. The molecule has 4 rings (SSSR count). The van der Waals surface area contributed by atoms with Gasteiger partial charge in [0.1, 0.15) is 0 Å². The van der Waals surface area contributed by atoms with Crippen molar-refractivity contribution in [1.29, 1.82) is 0 Å². The Kier molecular flexibility index (Phi) is 5.70. The minimum absolute atomic E-state index is 0.0419. The van der Waals surface area contributed by atoms with Crippen molar-refractivity contribution in [2.24, 2.45) is 5.92 Å². The van der Waals surface area contributed by atoms with Crippen LogP contribution in [-0.2, 0) is 14.8 Å². The quantitative estimate of drug-likeness (QED) is 0.702. The van der Waals surface area contributed by atoms with E-state index in [1.807, 2.05) is 19.1 Å². The molecule has 2 aliphatic rings. The highest BCUT2D eigenvalue weighted by molar-refractivity contribution is 7.94. The van der Waals surface area contributed by atoms with Gasteiger partial charge in [0.15, 0.2) is 0 Å². The van der Waals surface area contributed by atoms with Crippen LogP contribution < -0.4 is 9.21 Å². The van der Waals surface area contributed by atoms with Crippen LogP contribution in [0.1, 0.15) is 22.8 Å². The number of benzene rings is 2. The monoisotopic (exact) mass is 461 g/mol. The Bertz CT molecular complexity index is 1140. The van der Waals surface area contributed by atoms with Gasteiger partial charge in [-0.25, -0.2) is 12.7 Å². The van der Waals surface area contributed by atoms with Crippen molar-refractivity contribution >= 4 is 44.8 Å². The lowest BCUT2D eigenvalue weighted by Gasteiger charge is -2.36. The summed E-state index contributed by atoms with van der Waals surface area (Å²) in [5, 5.41) is 0.117. The van der Waals surface area contributed by atoms with E-state index < -0.39 is 21.8 Å². The Labute approximate surface area is 187 Å². The maximum atomic E-state index is 13.1. The van der Waals surface area contributed by atoms with E-state index in [1.54, 1.807) is 17.9 Å². The molecule has 1 unspecified atom stereocenters. The van der Waals surface area contributed by atoms with Gasteiger partial charge in [-0.05, 0) is 42.8 Å².